The number of aryl methyl sites for hydroxylation is 3. The molecule has 0 saturated heterocycles. The Balaban J connectivity index is 1.46. The monoisotopic (exact) mass is 607 g/mol. The van der Waals surface area contributed by atoms with Crippen molar-refractivity contribution in [2.24, 2.45) is 18.9 Å². The smallest absolute Gasteiger partial charge is 0.415 e. The highest BCUT2D eigenvalue weighted by Crippen LogP contribution is 2.37. The summed E-state index contributed by atoms with van der Waals surface area (Å²) in [5.74, 6) is 0.981. The molecule has 2 aliphatic carbocycles. The summed E-state index contributed by atoms with van der Waals surface area (Å²) in [5, 5.41) is 4.61. The number of aromatic nitrogens is 2. The third-order valence-corrected chi connectivity index (χ3v) is 9.07. The molecule has 0 spiro atoms. The number of nitrogens with zero attached hydrogens (tertiary/aromatic N) is 5. The molecule has 0 amide bonds. The third-order valence-electron chi connectivity index (χ3n) is 9.07. The van der Waals surface area contributed by atoms with E-state index in [4.69, 9.17) is 11.3 Å². The fourth-order valence-corrected chi connectivity index (χ4v) is 6.75. The zero-order valence-electron chi connectivity index (χ0n) is 25.7. The minimum atomic E-state index is -4.55. The highest BCUT2D eigenvalue weighted by atomic mass is 19.4. The Kier molecular flexibility index (Phi) is 9.52. The number of carbonyl (C=O) groups is 1. The van der Waals surface area contributed by atoms with Crippen LogP contribution in [0.5, 0.6) is 0 Å². The number of alkyl halides is 3. The Morgan fingerprint density at radius 1 is 1.07 bits per heavy atom. The van der Waals surface area contributed by atoms with Crippen LogP contribution in [0.4, 0.5) is 30.4 Å². The number of benzene rings is 2. The second kappa shape index (κ2) is 13.3. The molecule has 3 aromatic rings. The van der Waals surface area contributed by atoms with Crippen molar-refractivity contribution < 1.29 is 22.7 Å². The van der Waals surface area contributed by atoms with E-state index < -0.39 is 11.7 Å². The molecule has 0 bridgehead atoms. The number of ether oxygens (including phenoxy) is 1. The van der Waals surface area contributed by atoms with Gasteiger partial charge in [0.1, 0.15) is 0 Å². The highest BCUT2D eigenvalue weighted by molar-refractivity contribution is 5.72. The van der Waals surface area contributed by atoms with Gasteiger partial charge in [-0.2, -0.15) is 18.3 Å². The summed E-state index contributed by atoms with van der Waals surface area (Å²) in [6.07, 6.45) is 4.05. The second-order valence-corrected chi connectivity index (χ2v) is 12.1. The molecule has 10 heteroatoms. The second-order valence-electron chi connectivity index (χ2n) is 12.1. The Morgan fingerprint density at radius 2 is 1.80 bits per heavy atom. The number of anilines is 2. The topological polar surface area (TPSA) is 55.0 Å². The predicted molar refractivity (Wildman–Crippen MR) is 165 cm³/mol. The minimum absolute atomic E-state index is 0.0203. The fraction of sp³-hybridized carbons (Fsp3) is 0.500. The van der Waals surface area contributed by atoms with Crippen molar-refractivity contribution >= 4 is 23.2 Å². The first-order valence-electron chi connectivity index (χ1n) is 15.4. The van der Waals surface area contributed by atoms with E-state index in [9.17, 15) is 18.0 Å². The molecule has 1 heterocycles. The van der Waals surface area contributed by atoms with E-state index in [-0.39, 0.29) is 24.1 Å². The first-order chi connectivity index (χ1) is 21.1. The SMILES string of the molecule is [C-]#[N+]c1cc(CN(Cc2cc3c(cc2N(CC)C[C@H]2CC[C@H](C(=O)OC)CC2)CCC3)c2ccn(C)n2)cc(C(F)(F)F)c1. The van der Waals surface area contributed by atoms with Gasteiger partial charge in [0.15, 0.2) is 11.5 Å². The van der Waals surface area contributed by atoms with E-state index in [2.05, 4.69) is 33.9 Å². The fourth-order valence-electron chi connectivity index (χ4n) is 6.75. The molecule has 0 N–H and O–H groups in total. The molecule has 234 valence electrons. The molecule has 2 aromatic carbocycles. The Labute approximate surface area is 257 Å². The average molecular weight is 608 g/mol. The molecule has 1 aromatic heterocycles. The molecular formula is C34H40F3N5O2. The number of carbonyl (C=O) groups excluding carboxylic acids is 1. The number of esters is 1. The van der Waals surface area contributed by atoms with Gasteiger partial charge in [-0.05, 0) is 98.2 Å². The van der Waals surface area contributed by atoms with Crippen molar-refractivity contribution in [3.8, 4) is 0 Å². The van der Waals surface area contributed by atoms with E-state index in [0.29, 0.717) is 23.8 Å². The number of methoxy groups -OCH3 is 1. The number of halogens is 3. The predicted octanol–water partition coefficient (Wildman–Crippen LogP) is 7.49. The zero-order chi connectivity index (χ0) is 31.4. The molecule has 1 fully saturated rings. The lowest BCUT2D eigenvalue weighted by Gasteiger charge is -2.35. The van der Waals surface area contributed by atoms with Gasteiger partial charge >= 0.3 is 12.1 Å². The summed E-state index contributed by atoms with van der Waals surface area (Å²) >= 11 is 0. The van der Waals surface area contributed by atoms with Gasteiger partial charge in [0, 0.05) is 56.7 Å². The van der Waals surface area contributed by atoms with Crippen LogP contribution in [0, 0.1) is 18.4 Å². The number of hydrogen-bond acceptors (Lipinski definition) is 5. The molecule has 0 unspecified atom stereocenters. The van der Waals surface area contributed by atoms with Crippen LogP contribution >= 0.6 is 0 Å². The maximum Gasteiger partial charge on any atom is 0.415 e. The van der Waals surface area contributed by atoms with Crippen LogP contribution in [-0.2, 0) is 48.7 Å². The van der Waals surface area contributed by atoms with E-state index in [0.717, 1.165) is 81.4 Å². The van der Waals surface area contributed by atoms with Crippen LogP contribution in [0.2, 0.25) is 0 Å². The maximum absolute atomic E-state index is 13.7. The van der Waals surface area contributed by atoms with Crippen LogP contribution < -0.4 is 9.80 Å². The standard InChI is InChI=1S/C34H40F3N5O2/c1-5-41(20-23-9-11-25(12-10-23)33(43)44-4)31-18-27-8-6-7-26(27)17-28(31)22-42(32-13-14-40(3)39-32)21-24-15-29(34(35,36)37)19-30(16-24)38-2/h13-19,23,25H,5-12,20-22H2,1,3-4H3/t23-,25-. The van der Waals surface area contributed by atoms with Gasteiger partial charge in [0.2, 0.25) is 0 Å². The Hall–Kier alpha value is -4.00. The van der Waals surface area contributed by atoms with Crippen molar-refractivity contribution in [2.45, 2.75) is 71.1 Å². The van der Waals surface area contributed by atoms with Crippen molar-refractivity contribution in [1.82, 2.24) is 9.78 Å². The van der Waals surface area contributed by atoms with Crippen LogP contribution in [0.3, 0.4) is 0 Å². The molecule has 5 rings (SSSR count). The normalized spacial score (nSPS) is 18.0. The average Bonchev–Trinajstić information content (AvgIpc) is 3.67. The highest BCUT2D eigenvalue weighted by Gasteiger charge is 2.32. The minimum Gasteiger partial charge on any atom is -0.469 e. The molecule has 0 radical (unpaired) electrons. The number of fused-ring (bicyclic) bond motifs is 1. The molecule has 44 heavy (non-hydrogen) atoms. The van der Waals surface area contributed by atoms with E-state index in [1.807, 2.05) is 24.2 Å². The van der Waals surface area contributed by atoms with E-state index in [1.165, 1.54) is 24.3 Å². The zero-order valence-corrected chi connectivity index (χ0v) is 25.7. The van der Waals surface area contributed by atoms with Gasteiger partial charge in [-0.15, -0.1) is 0 Å². The molecule has 1 saturated carbocycles. The van der Waals surface area contributed by atoms with Crippen molar-refractivity contribution in [2.75, 3.05) is 30.0 Å². The van der Waals surface area contributed by atoms with Gasteiger partial charge < -0.3 is 14.5 Å². The van der Waals surface area contributed by atoms with E-state index >= 15 is 0 Å². The summed E-state index contributed by atoms with van der Waals surface area (Å²) in [7, 11) is 3.27. The quantitative estimate of drug-likeness (QED) is 0.177. The maximum atomic E-state index is 13.7. The lowest BCUT2D eigenvalue weighted by atomic mass is 9.81. The van der Waals surface area contributed by atoms with Gasteiger partial charge in [-0.3, -0.25) is 9.48 Å². The number of hydrogen-bond donors (Lipinski definition) is 0. The lowest BCUT2D eigenvalue weighted by Crippen LogP contribution is -2.34. The van der Waals surface area contributed by atoms with Crippen molar-refractivity contribution in [3.05, 3.63) is 81.8 Å². The Morgan fingerprint density at radius 3 is 2.41 bits per heavy atom. The molecule has 7 nitrogen and oxygen atoms in total. The summed E-state index contributed by atoms with van der Waals surface area (Å²) in [6, 6.07) is 10.0. The molecule has 2 aliphatic rings. The lowest BCUT2D eigenvalue weighted by molar-refractivity contribution is -0.146. The molecular weight excluding hydrogens is 567 g/mol. The van der Waals surface area contributed by atoms with Crippen LogP contribution in [-0.4, -0.2) is 35.9 Å². The van der Waals surface area contributed by atoms with Crippen molar-refractivity contribution in [1.29, 1.82) is 0 Å². The first kappa shape index (κ1) is 31.4. The van der Waals surface area contributed by atoms with E-state index in [1.54, 1.807) is 4.68 Å². The summed E-state index contributed by atoms with van der Waals surface area (Å²) in [6.45, 7) is 11.9. The number of rotatable bonds is 10. The molecule has 0 atom stereocenters. The summed E-state index contributed by atoms with van der Waals surface area (Å²) < 4.78 is 47.8. The van der Waals surface area contributed by atoms with Gasteiger partial charge in [0.05, 0.1) is 19.6 Å². The van der Waals surface area contributed by atoms with Crippen LogP contribution in [0.1, 0.15) is 66.8 Å². The van der Waals surface area contributed by atoms with Crippen LogP contribution in [0.15, 0.2) is 42.6 Å². The van der Waals surface area contributed by atoms with Gasteiger partial charge in [-0.25, -0.2) is 4.85 Å². The van der Waals surface area contributed by atoms with Crippen LogP contribution in [0.25, 0.3) is 4.85 Å². The largest absolute Gasteiger partial charge is 0.469 e. The van der Waals surface area contributed by atoms with Gasteiger partial charge in [-0.1, -0.05) is 12.1 Å². The summed E-state index contributed by atoms with van der Waals surface area (Å²) in [4.78, 5) is 19.8. The first-order valence-corrected chi connectivity index (χ1v) is 15.4. The van der Waals surface area contributed by atoms with Crippen molar-refractivity contribution in [3.63, 3.8) is 0 Å². The Bertz CT molecular complexity index is 1520. The van der Waals surface area contributed by atoms with Gasteiger partial charge in [0.25, 0.3) is 0 Å². The third kappa shape index (κ3) is 7.20. The molecule has 0 aliphatic heterocycles. The summed E-state index contributed by atoms with van der Waals surface area (Å²) in [5.41, 5.74) is 4.50.